The molecule has 2 aliphatic heterocycles. The molecule has 3 heterocycles. The number of likely N-dealkylation sites (tertiary alicyclic amines) is 1. The van der Waals surface area contributed by atoms with Crippen LogP contribution in [0.25, 0.3) is 0 Å². The number of piperidine rings is 1. The van der Waals surface area contributed by atoms with Crippen LogP contribution in [0.5, 0.6) is 0 Å². The van der Waals surface area contributed by atoms with E-state index in [-0.39, 0.29) is 35.1 Å². The molecule has 6 nitrogen and oxygen atoms in total. The van der Waals surface area contributed by atoms with Crippen LogP contribution in [-0.2, 0) is 13.1 Å². The lowest BCUT2D eigenvalue weighted by atomic mass is 9.82. The average Bonchev–Trinajstić information content (AvgIpc) is 2.81. The fourth-order valence-corrected chi connectivity index (χ4v) is 4.87. The van der Waals surface area contributed by atoms with Gasteiger partial charge in [-0.15, -0.1) is 0 Å². The molecule has 0 spiro atoms. The van der Waals surface area contributed by atoms with Crippen molar-refractivity contribution in [2.75, 3.05) is 23.7 Å². The van der Waals surface area contributed by atoms with Crippen LogP contribution in [0.2, 0.25) is 0 Å². The Hall–Kier alpha value is -3.68. The molecular weight excluding hydrogens is 426 g/mol. The SMILES string of the molecule is O=C(Nc1ccc(F)cc1)N1C[C@@H]2C[C@@H](C1)c1c(NCc3ccc(F)cc3)ccc(=O)n1C2. The van der Waals surface area contributed by atoms with Gasteiger partial charge in [0.1, 0.15) is 11.6 Å². The number of fused-ring (bicyclic) bond motifs is 4. The van der Waals surface area contributed by atoms with E-state index < -0.39 is 0 Å². The molecule has 3 aromatic rings. The van der Waals surface area contributed by atoms with Crippen molar-refractivity contribution in [1.29, 1.82) is 0 Å². The minimum Gasteiger partial charge on any atom is -0.380 e. The molecule has 0 saturated carbocycles. The number of carbonyl (C=O) groups is 1. The maximum atomic E-state index is 13.2. The Morgan fingerprint density at radius 1 is 0.909 bits per heavy atom. The van der Waals surface area contributed by atoms with Crippen molar-refractivity contribution in [3.63, 3.8) is 0 Å². The first-order valence-electron chi connectivity index (χ1n) is 11.0. The molecule has 5 rings (SSSR count). The summed E-state index contributed by atoms with van der Waals surface area (Å²) in [7, 11) is 0. The first-order chi connectivity index (χ1) is 16.0. The third-order valence-electron chi connectivity index (χ3n) is 6.37. The Morgan fingerprint density at radius 3 is 2.33 bits per heavy atom. The zero-order valence-corrected chi connectivity index (χ0v) is 17.9. The van der Waals surface area contributed by atoms with E-state index in [1.54, 1.807) is 29.2 Å². The van der Waals surface area contributed by atoms with E-state index in [9.17, 15) is 18.4 Å². The van der Waals surface area contributed by atoms with Crippen molar-refractivity contribution >= 4 is 17.4 Å². The summed E-state index contributed by atoms with van der Waals surface area (Å²) in [5.74, 6) is -0.445. The van der Waals surface area contributed by atoms with Gasteiger partial charge in [-0.2, -0.15) is 0 Å². The Bertz CT molecular complexity index is 1220. The number of aromatic nitrogens is 1. The van der Waals surface area contributed by atoms with Gasteiger partial charge in [-0.1, -0.05) is 12.1 Å². The van der Waals surface area contributed by atoms with Gasteiger partial charge in [-0.05, 0) is 60.4 Å². The van der Waals surface area contributed by atoms with Crippen LogP contribution >= 0.6 is 0 Å². The number of hydrogen-bond donors (Lipinski definition) is 2. The lowest BCUT2D eigenvalue weighted by Crippen LogP contribution is -2.50. The Labute approximate surface area is 189 Å². The van der Waals surface area contributed by atoms with E-state index in [0.717, 1.165) is 23.4 Å². The summed E-state index contributed by atoms with van der Waals surface area (Å²) < 4.78 is 28.2. The van der Waals surface area contributed by atoms with Crippen LogP contribution in [-0.4, -0.2) is 28.6 Å². The Kier molecular flexibility index (Phi) is 5.58. The third-order valence-corrected chi connectivity index (χ3v) is 6.37. The lowest BCUT2D eigenvalue weighted by Gasteiger charge is -2.43. The quantitative estimate of drug-likeness (QED) is 0.620. The molecule has 170 valence electrons. The standard InChI is InChI=1S/C25H24F2N4O2/c26-19-3-1-16(2-4-19)12-28-22-9-10-23(32)31-14-17-11-18(24(22)31)15-30(13-17)25(33)29-21-7-5-20(27)6-8-21/h1-10,17-18,28H,11-15H2,(H,29,33)/t17-,18-/m0/s1. The normalized spacial score (nSPS) is 19.0. The van der Waals surface area contributed by atoms with E-state index in [2.05, 4.69) is 10.6 Å². The molecule has 0 radical (unpaired) electrons. The predicted octanol–water partition coefficient (Wildman–Crippen LogP) is 4.39. The zero-order valence-electron chi connectivity index (χ0n) is 17.9. The Balaban J connectivity index is 1.35. The van der Waals surface area contributed by atoms with Gasteiger partial charge in [0.2, 0.25) is 0 Å². The Morgan fingerprint density at radius 2 is 1.61 bits per heavy atom. The van der Waals surface area contributed by atoms with Gasteiger partial charge in [0.05, 0.1) is 5.69 Å². The van der Waals surface area contributed by atoms with Crippen LogP contribution in [0, 0.1) is 17.6 Å². The largest absolute Gasteiger partial charge is 0.380 e. The fraction of sp³-hybridized carbons (Fsp3) is 0.280. The summed E-state index contributed by atoms with van der Waals surface area (Å²) in [5, 5.41) is 6.23. The third kappa shape index (κ3) is 4.46. The summed E-state index contributed by atoms with van der Waals surface area (Å²) in [6, 6.07) is 15.1. The van der Waals surface area contributed by atoms with E-state index in [1.165, 1.54) is 36.4 Å². The number of carbonyl (C=O) groups excluding carboxylic acids is 1. The van der Waals surface area contributed by atoms with E-state index in [0.29, 0.717) is 31.9 Å². The van der Waals surface area contributed by atoms with Gasteiger partial charge in [0, 0.05) is 49.5 Å². The van der Waals surface area contributed by atoms with Crippen LogP contribution in [0.1, 0.15) is 23.6 Å². The summed E-state index contributed by atoms with van der Waals surface area (Å²) in [5.41, 5.74) is 3.17. The van der Waals surface area contributed by atoms with Gasteiger partial charge >= 0.3 is 6.03 Å². The van der Waals surface area contributed by atoms with Gasteiger partial charge in [0.15, 0.2) is 0 Å². The molecule has 33 heavy (non-hydrogen) atoms. The average molecular weight is 450 g/mol. The molecule has 2 atom stereocenters. The number of halogens is 2. The molecule has 2 N–H and O–H groups in total. The lowest BCUT2D eigenvalue weighted by molar-refractivity contribution is 0.140. The molecule has 1 saturated heterocycles. The highest BCUT2D eigenvalue weighted by Crippen LogP contribution is 2.38. The molecule has 1 aromatic heterocycles. The van der Waals surface area contributed by atoms with Crippen LogP contribution < -0.4 is 16.2 Å². The summed E-state index contributed by atoms with van der Waals surface area (Å²) in [6.45, 7) is 2.09. The molecule has 0 unspecified atom stereocenters. The second kappa shape index (κ2) is 8.69. The fourth-order valence-electron chi connectivity index (χ4n) is 4.87. The highest BCUT2D eigenvalue weighted by molar-refractivity contribution is 5.89. The molecule has 2 aliphatic rings. The van der Waals surface area contributed by atoms with Crippen molar-refractivity contribution in [2.45, 2.75) is 25.4 Å². The van der Waals surface area contributed by atoms with Crippen LogP contribution in [0.15, 0.2) is 65.5 Å². The number of urea groups is 1. The van der Waals surface area contributed by atoms with E-state index in [1.807, 2.05) is 4.57 Å². The number of hydrogen-bond acceptors (Lipinski definition) is 3. The molecule has 8 heteroatoms. The van der Waals surface area contributed by atoms with Crippen molar-refractivity contribution < 1.29 is 13.6 Å². The number of nitrogens with one attached hydrogen (secondary N) is 2. The number of rotatable bonds is 4. The minimum absolute atomic E-state index is 0.0149. The smallest absolute Gasteiger partial charge is 0.321 e. The van der Waals surface area contributed by atoms with Crippen LogP contribution in [0.4, 0.5) is 25.0 Å². The topological polar surface area (TPSA) is 66.4 Å². The van der Waals surface area contributed by atoms with Crippen molar-refractivity contribution in [1.82, 2.24) is 9.47 Å². The number of pyridine rings is 1. The van der Waals surface area contributed by atoms with Crippen LogP contribution in [0.3, 0.4) is 0 Å². The van der Waals surface area contributed by atoms with Crippen molar-refractivity contribution in [3.05, 3.63) is 93.9 Å². The summed E-state index contributed by atoms with van der Waals surface area (Å²) in [6.07, 6.45) is 0.898. The predicted molar refractivity (Wildman–Crippen MR) is 122 cm³/mol. The minimum atomic E-state index is -0.358. The maximum absolute atomic E-state index is 13.2. The monoisotopic (exact) mass is 450 g/mol. The highest BCUT2D eigenvalue weighted by atomic mass is 19.1. The molecule has 2 bridgehead atoms. The van der Waals surface area contributed by atoms with Crippen molar-refractivity contribution in [3.8, 4) is 0 Å². The second-order valence-corrected chi connectivity index (χ2v) is 8.70. The number of anilines is 2. The highest BCUT2D eigenvalue weighted by Gasteiger charge is 2.37. The maximum Gasteiger partial charge on any atom is 0.321 e. The number of benzene rings is 2. The molecular formula is C25H24F2N4O2. The molecule has 0 aliphatic carbocycles. The summed E-state index contributed by atoms with van der Waals surface area (Å²) >= 11 is 0. The number of amides is 2. The molecule has 2 aromatic carbocycles. The first-order valence-corrected chi connectivity index (χ1v) is 11.0. The first kappa shape index (κ1) is 21.2. The molecule has 2 amide bonds. The van der Waals surface area contributed by atoms with Gasteiger partial charge in [-0.3, -0.25) is 4.79 Å². The number of nitrogens with zero attached hydrogens (tertiary/aromatic N) is 2. The van der Waals surface area contributed by atoms with Gasteiger partial charge in [-0.25, -0.2) is 13.6 Å². The van der Waals surface area contributed by atoms with Gasteiger partial charge < -0.3 is 20.1 Å². The molecule has 1 fully saturated rings. The van der Waals surface area contributed by atoms with Gasteiger partial charge in [0.25, 0.3) is 5.56 Å². The van der Waals surface area contributed by atoms with E-state index >= 15 is 0 Å². The summed E-state index contributed by atoms with van der Waals surface area (Å²) in [4.78, 5) is 27.3. The van der Waals surface area contributed by atoms with Crippen molar-refractivity contribution in [2.24, 2.45) is 5.92 Å². The zero-order chi connectivity index (χ0) is 22.9. The van der Waals surface area contributed by atoms with E-state index in [4.69, 9.17) is 0 Å². The second-order valence-electron chi connectivity index (χ2n) is 8.70.